The van der Waals surface area contributed by atoms with E-state index in [9.17, 15) is 0 Å². The molecular formula is C15H26S2. The van der Waals surface area contributed by atoms with E-state index in [0.717, 1.165) is 5.92 Å². The largest absolute Gasteiger partial charge is 0.143 e. The van der Waals surface area contributed by atoms with Gasteiger partial charge in [0.2, 0.25) is 0 Å². The topological polar surface area (TPSA) is 0 Å². The average Bonchev–Trinajstić information content (AvgIpc) is 2.78. The van der Waals surface area contributed by atoms with Gasteiger partial charge in [0, 0.05) is 9.77 Å². The van der Waals surface area contributed by atoms with E-state index < -0.39 is 0 Å². The van der Waals surface area contributed by atoms with Gasteiger partial charge < -0.3 is 0 Å². The summed E-state index contributed by atoms with van der Waals surface area (Å²) in [6.07, 6.45) is 6.01. The molecule has 1 heterocycles. The molecule has 1 aromatic heterocycles. The maximum Gasteiger partial charge on any atom is 0.0400 e. The minimum Gasteiger partial charge on any atom is -0.143 e. The molecule has 0 atom stereocenters. The van der Waals surface area contributed by atoms with Crippen LogP contribution < -0.4 is 0 Å². The maximum absolute atomic E-state index is 3.83. The Labute approximate surface area is 116 Å². The summed E-state index contributed by atoms with van der Waals surface area (Å²) < 4.78 is 0. The van der Waals surface area contributed by atoms with Gasteiger partial charge in [-0.2, -0.15) is 0 Å². The van der Waals surface area contributed by atoms with Crippen LogP contribution in [0.25, 0.3) is 6.08 Å². The SMILES string of the molecule is C=Cc1sccc1SCCCCC(C)C.CC. The fourth-order valence-corrected chi connectivity index (χ4v) is 3.41. The van der Waals surface area contributed by atoms with Gasteiger partial charge in [-0.15, -0.1) is 23.1 Å². The lowest BCUT2D eigenvalue weighted by Crippen LogP contribution is -1.88. The lowest BCUT2D eigenvalue weighted by Gasteiger charge is -2.04. The molecule has 0 fully saturated rings. The molecule has 0 aliphatic heterocycles. The molecule has 0 N–H and O–H groups in total. The highest BCUT2D eigenvalue weighted by Gasteiger charge is 2.01. The van der Waals surface area contributed by atoms with Gasteiger partial charge in [-0.1, -0.05) is 53.2 Å². The first-order chi connectivity index (χ1) is 8.24. The molecule has 17 heavy (non-hydrogen) atoms. The molecule has 0 unspecified atom stereocenters. The summed E-state index contributed by atoms with van der Waals surface area (Å²) in [6.45, 7) is 12.4. The summed E-state index contributed by atoms with van der Waals surface area (Å²) in [5.74, 6) is 2.09. The quantitative estimate of drug-likeness (QED) is 0.412. The molecule has 98 valence electrons. The van der Waals surface area contributed by atoms with Gasteiger partial charge in [0.25, 0.3) is 0 Å². The Morgan fingerprint density at radius 2 is 2.06 bits per heavy atom. The second-order valence-electron chi connectivity index (χ2n) is 4.09. The zero-order valence-corrected chi connectivity index (χ0v) is 13.3. The third-order valence-corrected chi connectivity index (χ3v) is 4.48. The van der Waals surface area contributed by atoms with Crippen LogP contribution in [0.15, 0.2) is 22.9 Å². The molecule has 1 aromatic rings. The van der Waals surface area contributed by atoms with E-state index in [1.165, 1.54) is 34.8 Å². The molecular weight excluding hydrogens is 244 g/mol. The molecule has 0 saturated carbocycles. The van der Waals surface area contributed by atoms with Crippen LogP contribution in [0.4, 0.5) is 0 Å². The Hall–Kier alpha value is -0.210. The van der Waals surface area contributed by atoms with E-state index in [0.29, 0.717) is 0 Å². The van der Waals surface area contributed by atoms with Crippen LogP contribution in [-0.2, 0) is 0 Å². The Balaban J connectivity index is 0.00000121. The molecule has 0 aromatic carbocycles. The molecule has 0 nitrogen and oxygen atoms in total. The zero-order valence-electron chi connectivity index (χ0n) is 11.7. The van der Waals surface area contributed by atoms with Crippen LogP contribution in [0.5, 0.6) is 0 Å². The molecule has 0 spiro atoms. The Bertz CT molecular complexity index is 287. The molecule has 0 radical (unpaired) electrons. The number of hydrogen-bond acceptors (Lipinski definition) is 2. The van der Waals surface area contributed by atoms with E-state index in [-0.39, 0.29) is 0 Å². The lowest BCUT2D eigenvalue weighted by molar-refractivity contribution is 0.551. The van der Waals surface area contributed by atoms with Crippen molar-refractivity contribution in [3.63, 3.8) is 0 Å². The van der Waals surface area contributed by atoms with Crippen molar-refractivity contribution in [3.8, 4) is 0 Å². The number of rotatable bonds is 7. The van der Waals surface area contributed by atoms with Crippen molar-refractivity contribution in [1.82, 2.24) is 0 Å². The summed E-state index contributed by atoms with van der Waals surface area (Å²) in [7, 11) is 0. The summed E-state index contributed by atoms with van der Waals surface area (Å²) >= 11 is 3.75. The number of thiophene rings is 1. The molecule has 0 amide bonds. The molecule has 2 heteroatoms. The van der Waals surface area contributed by atoms with Crippen LogP contribution in [-0.4, -0.2) is 5.75 Å². The van der Waals surface area contributed by atoms with Crippen LogP contribution in [0.2, 0.25) is 0 Å². The summed E-state index contributed by atoms with van der Waals surface area (Å²) in [4.78, 5) is 2.73. The fraction of sp³-hybridized carbons (Fsp3) is 0.600. The Kier molecular flexibility index (Phi) is 10.8. The molecule has 0 aliphatic carbocycles. The minimum absolute atomic E-state index is 0.847. The molecule has 0 aliphatic rings. The highest BCUT2D eigenvalue weighted by Crippen LogP contribution is 2.29. The second-order valence-corrected chi connectivity index (χ2v) is 6.18. The van der Waals surface area contributed by atoms with Gasteiger partial charge in [-0.25, -0.2) is 0 Å². The van der Waals surface area contributed by atoms with E-state index >= 15 is 0 Å². The lowest BCUT2D eigenvalue weighted by atomic mass is 10.1. The highest BCUT2D eigenvalue weighted by atomic mass is 32.2. The average molecular weight is 271 g/mol. The van der Waals surface area contributed by atoms with E-state index in [4.69, 9.17) is 0 Å². The zero-order chi connectivity index (χ0) is 13.1. The van der Waals surface area contributed by atoms with E-state index in [1.54, 1.807) is 11.3 Å². The smallest absolute Gasteiger partial charge is 0.0400 e. The predicted molar refractivity (Wildman–Crippen MR) is 85.2 cm³/mol. The monoisotopic (exact) mass is 270 g/mol. The van der Waals surface area contributed by atoms with Crippen molar-refractivity contribution >= 4 is 29.2 Å². The van der Waals surface area contributed by atoms with Crippen molar-refractivity contribution in [2.45, 2.75) is 51.9 Å². The van der Waals surface area contributed by atoms with Gasteiger partial charge in [0.1, 0.15) is 0 Å². The summed E-state index contributed by atoms with van der Waals surface area (Å²) in [5.41, 5.74) is 0. The van der Waals surface area contributed by atoms with Gasteiger partial charge in [0.05, 0.1) is 0 Å². The highest BCUT2D eigenvalue weighted by molar-refractivity contribution is 7.99. The maximum atomic E-state index is 3.83. The summed E-state index contributed by atoms with van der Waals surface area (Å²) in [5, 5.41) is 2.15. The summed E-state index contributed by atoms with van der Waals surface area (Å²) in [6, 6.07) is 2.20. The van der Waals surface area contributed by atoms with Gasteiger partial charge >= 0.3 is 0 Å². The molecule has 0 bridgehead atoms. The third-order valence-electron chi connectivity index (χ3n) is 2.28. The molecule has 0 saturated heterocycles. The third kappa shape index (κ3) is 7.67. The predicted octanol–water partition coefficient (Wildman–Crippen LogP) is 6.34. The van der Waals surface area contributed by atoms with Crippen molar-refractivity contribution in [1.29, 1.82) is 0 Å². The first-order valence-corrected chi connectivity index (χ1v) is 8.43. The van der Waals surface area contributed by atoms with E-state index in [2.05, 4.69) is 31.9 Å². The number of thioether (sulfide) groups is 1. The van der Waals surface area contributed by atoms with Crippen molar-refractivity contribution in [3.05, 3.63) is 22.9 Å². The Morgan fingerprint density at radius 3 is 2.65 bits per heavy atom. The van der Waals surface area contributed by atoms with Crippen LogP contribution in [0, 0.1) is 5.92 Å². The van der Waals surface area contributed by atoms with Gasteiger partial charge in [-0.3, -0.25) is 0 Å². The van der Waals surface area contributed by atoms with Crippen molar-refractivity contribution < 1.29 is 0 Å². The van der Waals surface area contributed by atoms with Crippen molar-refractivity contribution in [2.75, 3.05) is 5.75 Å². The van der Waals surface area contributed by atoms with Crippen LogP contribution in [0.1, 0.15) is 51.8 Å². The second kappa shape index (κ2) is 10.9. The normalized spacial score (nSPS) is 9.94. The first-order valence-electron chi connectivity index (χ1n) is 6.56. The Morgan fingerprint density at radius 1 is 1.35 bits per heavy atom. The number of unbranched alkanes of at least 4 members (excludes halogenated alkanes) is 1. The van der Waals surface area contributed by atoms with Crippen molar-refractivity contribution in [2.24, 2.45) is 5.92 Å². The fourth-order valence-electron chi connectivity index (χ4n) is 1.41. The van der Waals surface area contributed by atoms with Gasteiger partial charge in [-0.05, 0) is 29.5 Å². The molecule has 1 rings (SSSR count). The number of hydrogen-bond donors (Lipinski definition) is 0. The van der Waals surface area contributed by atoms with Crippen LogP contribution >= 0.6 is 23.1 Å². The standard InChI is InChI=1S/C13H20S2.C2H6/c1-4-12-13(8-10-15-12)14-9-6-5-7-11(2)3;1-2/h4,8,10-11H,1,5-7,9H2,2-3H3;1-2H3. The minimum atomic E-state index is 0.847. The van der Waals surface area contributed by atoms with Crippen LogP contribution in [0.3, 0.4) is 0 Å². The van der Waals surface area contributed by atoms with E-state index in [1.807, 2.05) is 31.7 Å². The first kappa shape index (κ1) is 16.8. The van der Waals surface area contributed by atoms with Gasteiger partial charge in [0.15, 0.2) is 0 Å².